The smallest absolute Gasteiger partial charge is 0.268 e. The molecule has 0 saturated carbocycles. The largest absolute Gasteiger partial charge is 0.400 e. The standard InChI is InChI=1S/C14H9F3N4O2S/c15-14(16,17)7-24(23)13-18-6-5-11(20-13)21-8-19-10-4-2-1-3-9(10)12(21)22/h1-6,8H,7H2. The van der Waals surface area contributed by atoms with E-state index in [-0.39, 0.29) is 5.82 Å². The second-order valence-corrected chi connectivity index (χ2v) is 6.08. The molecule has 0 aliphatic heterocycles. The van der Waals surface area contributed by atoms with Gasteiger partial charge in [0.25, 0.3) is 5.56 Å². The van der Waals surface area contributed by atoms with Gasteiger partial charge in [-0.3, -0.25) is 13.6 Å². The molecule has 1 atom stereocenters. The molecule has 6 nitrogen and oxygen atoms in total. The first-order valence-corrected chi connectivity index (χ1v) is 7.92. The molecule has 3 aromatic rings. The van der Waals surface area contributed by atoms with Crippen LogP contribution in [-0.2, 0) is 10.8 Å². The lowest BCUT2D eigenvalue weighted by Crippen LogP contribution is -2.22. The third-order valence-electron chi connectivity index (χ3n) is 3.03. The van der Waals surface area contributed by atoms with Gasteiger partial charge in [0.15, 0.2) is 0 Å². The van der Waals surface area contributed by atoms with E-state index in [1.165, 1.54) is 12.4 Å². The summed E-state index contributed by atoms with van der Waals surface area (Å²) in [5.41, 5.74) is 0.0422. The summed E-state index contributed by atoms with van der Waals surface area (Å²) in [5.74, 6) is -1.56. The molecular formula is C14H9F3N4O2S. The normalized spacial score (nSPS) is 13.1. The van der Waals surface area contributed by atoms with E-state index < -0.39 is 33.4 Å². The van der Waals surface area contributed by atoms with Crippen LogP contribution < -0.4 is 5.56 Å². The van der Waals surface area contributed by atoms with E-state index in [2.05, 4.69) is 15.0 Å². The zero-order valence-corrected chi connectivity index (χ0v) is 12.7. The fourth-order valence-corrected chi connectivity index (χ4v) is 2.82. The highest BCUT2D eigenvalue weighted by Gasteiger charge is 2.32. The number of aromatic nitrogens is 4. The van der Waals surface area contributed by atoms with E-state index in [4.69, 9.17) is 0 Å². The topological polar surface area (TPSA) is 77.7 Å². The Morgan fingerprint density at radius 3 is 2.62 bits per heavy atom. The van der Waals surface area contributed by atoms with Crippen molar-refractivity contribution < 1.29 is 17.4 Å². The molecule has 1 unspecified atom stereocenters. The highest BCUT2D eigenvalue weighted by molar-refractivity contribution is 7.84. The molecule has 2 heterocycles. The molecule has 124 valence electrons. The second-order valence-electron chi connectivity index (χ2n) is 4.74. The van der Waals surface area contributed by atoms with E-state index in [9.17, 15) is 22.2 Å². The SMILES string of the molecule is O=c1c2ccccc2ncn1-c1ccnc(S(=O)CC(F)(F)F)n1. The third kappa shape index (κ3) is 3.32. The number of benzene rings is 1. The fraction of sp³-hybridized carbons (Fsp3) is 0.143. The quantitative estimate of drug-likeness (QED) is 0.671. The van der Waals surface area contributed by atoms with Gasteiger partial charge in [-0.25, -0.2) is 15.0 Å². The van der Waals surface area contributed by atoms with Crippen molar-refractivity contribution >= 4 is 21.7 Å². The molecule has 0 fully saturated rings. The number of para-hydroxylation sites is 1. The minimum atomic E-state index is -4.61. The fourth-order valence-electron chi connectivity index (χ4n) is 2.02. The summed E-state index contributed by atoms with van der Waals surface area (Å²) in [7, 11) is -2.45. The van der Waals surface area contributed by atoms with Gasteiger partial charge in [0.1, 0.15) is 28.7 Å². The highest BCUT2D eigenvalue weighted by atomic mass is 32.2. The van der Waals surface area contributed by atoms with Crippen molar-refractivity contribution in [3.05, 3.63) is 53.2 Å². The minimum absolute atomic E-state index is 0.00113. The molecule has 1 aromatic carbocycles. The molecule has 0 saturated heterocycles. The van der Waals surface area contributed by atoms with Crippen LogP contribution in [0.2, 0.25) is 0 Å². The van der Waals surface area contributed by atoms with Crippen LogP contribution in [0.4, 0.5) is 13.2 Å². The zero-order chi connectivity index (χ0) is 17.3. The lowest BCUT2D eigenvalue weighted by atomic mass is 10.2. The van der Waals surface area contributed by atoms with Gasteiger partial charge in [-0.05, 0) is 18.2 Å². The number of alkyl halides is 3. The molecule has 10 heteroatoms. The van der Waals surface area contributed by atoms with Crippen molar-refractivity contribution in [2.24, 2.45) is 0 Å². The van der Waals surface area contributed by atoms with Crippen LogP contribution >= 0.6 is 0 Å². The highest BCUT2D eigenvalue weighted by Crippen LogP contribution is 2.18. The first kappa shape index (κ1) is 16.2. The van der Waals surface area contributed by atoms with Crippen molar-refractivity contribution in [3.8, 4) is 5.82 Å². The average molecular weight is 354 g/mol. The Labute approximate surface area is 135 Å². The van der Waals surface area contributed by atoms with Crippen LogP contribution in [-0.4, -0.2) is 35.7 Å². The van der Waals surface area contributed by atoms with Crippen molar-refractivity contribution in [1.82, 2.24) is 19.5 Å². The second kappa shape index (κ2) is 6.11. The van der Waals surface area contributed by atoms with Gasteiger partial charge >= 0.3 is 6.18 Å². The Morgan fingerprint density at radius 2 is 1.88 bits per heavy atom. The van der Waals surface area contributed by atoms with Crippen molar-refractivity contribution in [1.29, 1.82) is 0 Å². The molecule has 2 aromatic heterocycles. The summed E-state index contributed by atoms with van der Waals surface area (Å²) < 4.78 is 49.8. The number of rotatable bonds is 3. The van der Waals surface area contributed by atoms with Crippen LogP contribution in [0, 0.1) is 0 Å². The lowest BCUT2D eigenvalue weighted by molar-refractivity contribution is -0.105. The molecular weight excluding hydrogens is 345 g/mol. The number of hydrogen-bond donors (Lipinski definition) is 0. The van der Waals surface area contributed by atoms with Gasteiger partial charge in [-0.1, -0.05) is 12.1 Å². The molecule has 0 aliphatic carbocycles. The summed E-state index contributed by atoms with van der Waals surface area (Å²) in [5, 5.41) is -0.165. The van der Waals surface area contributed by atoms with Crippen LogP contribution in [0.1, 0.15) is 0 Å². The van der Waals surface area contributed by atoms with E-state index in [0.29, 0.717) is 10.9 Å². The summed E-state index contributed by atoms with van der Waals surface area (Å²) in [6.07, 6.45) is -2.25. The van der Waals surface area contributed by atoms with E-state index in [1.54, 1.807) is 24.3 Å². The minimum Gasteiger partial charge on any atom is -0.268 e. The maximum atomic E-state index is 12.4. The van der Waals surface area contributed by atoms with Gasteiger partial charge < -0.3 is 0 Å². The number of halogens is 3. The monoisotopic (exact) mass is 354 g/mol. The predicted molar refractivity (Wildman–Crippen MR) is 80.3 cm³/mol. The summed E-state index contributed by atoms with van der Waals surface area (Å²) >= 11 is 0. The van der Waals surface area contributed by atoms with Gasteiger partial charge in [0, 0.05) is 6.20 Å². The summed E-state index contributed by atoms with van der Waals surface area (Å²) in [6, 6.07) is 7.95. The number of fused-ring (bicyclic) bond motifs is 1. The van der Waals surface area contributed by atoms with Gasteiger partial charge in [0.05, 0.1) is 10.9 Å². The van der Waals surface area contributed by atoms with Crippen LogP contribution in [0.3, 0.4) is 0 Å². The van der Waals surface area contributed by atoms with Crippen LogP contribution in [0.25, 0.3) is 16.7 Å². The van der Waals surface area contributed by atoms with Crippen LogP contribution in [0.5, 0.6) is 0 Å². The van der Waals surface area contributed by atoms with Crippen molar-refractivity contribution in [3.63, 3.8) is 0 Å². The molecule has 0 radical (unpaired) electrons. The molecule has 0 bridgehead atoms. The van der Waals surface area contributed by atoms with E-state index >= 15 is 0 Å². The third-order valence-corrected chi connectivity index (χ3v) is 4.22. The number of hydrogen-bond acceptors (Lipinski definition) is 5. The van der Waals surface area contributed by atoms with Crippen molar-refractivity contribution in [2.75, 3.05) is 5.75 Å². The Morgan fingerprint density at radius 1 is 1.12 bits per heavy atom. The first-order chi connectivity index (χ1) is 11.3. The molecule has 24 heavy (non-hydrogen) atoms. The lowest BCUT2D eigenvalue weighted by Gasteiger charge is -2.08. The maximum absolute atomic E-state index is 12.4. The van der Waals surface area contributed by atoms with E-state index in [1.807, 2.05) is 0 Å². The zero-order valence-electron chi connectivity index (χ0n) is 11.9. The molecule has 0 aliphatic rings. The van der Waals surface area contributed by atoms with Gasteiger partial charge in [-0.15, -0.1) is 0 Å². The Bertz CT molecular complexity index is 987. The maximum Gasteiger partial charge on any atom is 0.400 e. The molecule has 0 spiro atoms. The predicted octanol–water partition coefficient (Wildman–Crippen LogP) is 1.85. The molecule has 0 N–H and O–H groups in total. The van der Waals surface area contributed by atoms with E-state index in [0.717, 1.165) is 10.8 Å². The summed E-state index contributed by atoms with van der Waals surface area (Å²) in [4.78, 5) is 23.9. The number of nitrogens with zero attached hydrogens (tertiary/aromatic N) is 4. The van der Waals surface area contributed by atoms with Crippen molar-refractivity contribution in [2.45, 2.75) is 11.3 Å². The van der Waals surface area contributed by atoms with Gasteiger partial charge in [-0.2, -0.15) is 13.2 Å². The molecule has 0 amide bonds. The van der Waals surface area contributed by atoms with Gasteiger partial charge in [0.2, 0.25) is 5.16 Å². The first-order valence-electron chi connectivity index (χ1n) is 6.60. The Balaban J connectivity index is 2.05. The van der Waals surface area contributed by atoms with Crippen LogP contribution in [0.15, 0.2) is 52.8 Å². The molecule has 3 rings (SSSR count). The average Bonchev–Trinajstić information content (AvgIpc) is 2.54. The Kier molecular flexibility index (Phi) is 4.14. The summed E-state index contributed by atoms with van der Waals surface area (Å²) in [6.45, 7) is 0. The Hall–Kier alpha value is -2.62.